The number of hydrogen-bond acceptors (Lipinski definition) is 5. The maximum Gasteiger partial charge on any atom is 0.256 e. The molecule has 0 unspecified atom stereocenters. The molecular weight excluding hydrogens is 349 g/mol. The quantitative estimate of drug-likeness (QED) is 0.775. The number of benzene rings is 1. The van der Waals surface area contributed by atoms with Gasteiger partial charge >= 0.3 is 0 Å². The first-order valence-electron chi connectivity index (χ1n) is 8.95. The van der Waals surface area contributed by atoms with Crippen molar-refractivity contribution in [3.8, 4) is 5.75 Å². The summed E-state index contributed by atoms with van der Waals surface area (Å²) < 4.78 is 19.2. The van der Waals surface area contributed by atoms with Crippen LogP contribution in [0, 0.1) is 5.82 Å². The maximum atomic E-state index is 14.1. The number of nitrogens with one attached hydrogen (secondary N) is 1. The third kappa shape index (κ3) is 4.61. The molecule has 3 rings (SSSR count). The van der Waals surface area contributed by atoms with Crippen LogP contribution in [0.1, 0.15) is 24.0 Å². The van der Waals surface area contributed by atoms with Gasteiger partial charge in [-0.2, -0.15) is 0 Å². The van der Waals surface area contributed by atoms with Crippen LogP contribution in [0.15, 0.2) is 42.7 Å². The molecule has 2 aromatic rings. The third-order valence-corrected chi connectivity index (χ3v) is 4.81. The van der Waals surface area contributed by atoms with E-state index in [0.29, 0.717) is 37.2 Å². The van der Waals surface area contributed by atoms with Crippen molar-refractivity contribution >= 4 is 5.91 Å². The fourth-order valence-corrected chi connectivity index (χ4v) is 3.30. The summed E-state index contributed by atoms with van der Waals surface area (Å²) in [6.45, 7) is 1.27. The Bertz CT molecular complexity index is 787. The lowest BCUT2D eigenvalue weighted by atomic mass is 9.91. The van der Waals surface area contributed by atoms with Crippen molar-refractivity contribution in [2.75, 3.05) is 20.2 Å². The minimum Gasteiger partial charge on any atom is -0.497 e. The third-order valence-electron chi connectivity index (χ3n) is 4.81. The van der Waals surface area contributed by atoms with E-state index < -0.39 is 11.4 Å². The molecule has 1 aromatic carbocycles. The molecule has 144 valence electrons. The Balaban J connectivity index is 1.64. The van der Waals surface area contributed by atoms with Gasteiger partial charge in [-0.3, -0.25) is 9.78 Å². The number of aliphatic hydroxyl groups is 1. The van der Waals surface area contributed by atoms with Crippen LogP contribution >= 0.6 is 0 Å². The predicted octanol–water partition coefficient (Wildman–Crippen LogP) is 1.87. The molecule has 1 aromatic heterocycles. The molecule has 7 heteroatoms. The zero-order valence-electron chi connectivity index (χ0n) is 15.3. The first-order chi connectivity index (χ1) is 13.0. The molecule has 6 nitrogen and oxygen atoms in total. The van der Waals surface area contributed by atoms with Gasteiger partial charge in [-0.15, -0.1) is 0 Å². The number of pyridine rings is 1. The number of aromatic nitrogens is 1. The van der Waals surface area contributed by atoms with Gasteiger partial charge in [0.25, 0.3) is 5.91 Å². The van der Waals surface area contributed by atoms with Crippen LogP contribution in [0.2, 0.25) is 0 Å². The summed E-state index contributed by atoms with van der Waals surface area (Å²) in [4.78, 5) is 18.3. The summed E-state index contributed by atoms with van der Waals surface area (Å²) in [6, 6.07) is 8.19. The zero-order chi connectivity index (χ0) is 19.3. The highest BCUT2D eigenvalue weighted by Gasteiger charge is 2.41. The van der Waals surface area contributed by atoms with Crippen molar-refractivity contribution in [2.45, 2.75) is 31.5 Å². The minimum absolute atomic E-state index is 0.106. The van der Waals surface area contributed by atoms with E-state index in [2.05, 4.69) is 10.3 Å². The van der Waals surface area contributed by atoms with Gasteiger partial charge in [-0.25, -0.2) is 4.39 Å². The number of amides is 1. The first kappa shape index (κ1) is 19.3. The SMILES string of the molecule is COc1ccc(F)c(CN2CCC[C@](O)(CNCc3ccncc3)C2=O)c1. The van der Waals surface area contributed by atoms with Gasteiger partial charge in [-0.05, 0) is 48.7 Å². The highest BCUT2D eigenvalue weighted by Crippen LogP contribution is 2.25. The Morgan fingerprint density at radius 3 is 2.85 bits per heavy atom. The molecular formula is C20H24FN3O3. The van der Waals surface area contributed by atoms with Gasteiger partial charge in [-0.1, -0.05) is 0 Å². The number of halogens is 1. The smallest absolute Gasteiger partial charge is 0.256 e. The number of hydrogen-bond donors (Lipinski definition) is 2. The Morgan fingerprint density at radius 2 is 2.11 bits per heavy atom. The fraction of sp³-hybridized carbons (Fsp3) is 0.400. The Labute approximate surface area is 158 Å². The average molecular weight is 373 g/mol. The van der Waals surface area contributed by atoms with Crippen LogP contribution in [0.3, 0.4) is 0 Å². The molecule has 2 heterocycles. The van der Waals surface area contributed by atoms with E-state index in [-0.39, 0.29) is 19.0 Å². The topological polar surface area (TPSA) is 74.7 Å². The Morgan fingerprint density at radius 1 is 1.33 bits per heavy atom. The summed E-state index contributed by atoms with van der Waals surface area (Å²) >= 11 is 0. The molecule has 1 saturated heterocycles. The highest BCUT2D eigenvalue weighted by molar-refractivity contribution is 5.86. The molecule has 0 bridgehead atoms. The lowest BCUT2D eigenvalue weighted by Crippen LogP contribution is -2.57. The van der Waals surface area contributed by atoms with Crippen LogP contribution in [-0.4, -0.2) is 46.7 Å². The minimum atomic E-state index is -1.49. The summed E-state index contributed by atoms with van der Waals surface area (Å²) in [5.74, 6) is -0.239. The average Bonchev–Trinajstić information content (AvgIpc) is 2.68. The molecule has 1 amide bonds. The largest absolute Gasteiger partial charge is 0.497 e. The predicted molar refractivity (Wildman–Crippen MR) is 98.5 cm³/mol. The van der Waals surface area contributed by atoms with Gasteiger partial charge in [0.15, 0.2) is 5.60 Å². The lowest BCUT2D eigenvalue weighted by Gasteiger charge is -2.38. The molecule has 0 saturated carbocycles. The normalized spacial score (nSPS) is 20.0. The number of carbonyl (C=O) groups excluding carboxylic acids is 1. The Hall–Kier alpha value is -2.51. The number of ether oxygens (including phenoxy) is 1. The number of carbonyl (C=O) groups is 1. The molecule has 1 aliphatic rings. The summed E-state index contributed by atoms with van der Waals surface area (Å²) in [6.07, 6.45) is 4.43. The fourth-order valence-electron chi connectivity index (χ4n) is 3.30. The van der Waals surface area contributed by atoms with Crippen molar-refractivity contribution < 1.29 is 19.0 Å². The molecule has 27 heavy (non-hydrogen) atoms. The number of nitrogens with zero attached hydrogens (tertiary/aromatic N) is 2. The standard InChI is InChI=1S/C20H24FN3O3/c1-27-17-3-4-18(21)16(11-17)13-24-10-2-7-20(26,19(24)25)14-23-12-15-5-8-22-9-6-15/h3-6,8-9,11,23,26H,2,7,10,12-14H2,1H3/t20-/m0/s1. The van der Waals surface area contributed by atoms with E-state index in [1.165, 1.54) is 24.1 Å². The second-order valence-electron chi connectivity index (χ2n) is 6.78. The number of likely N-dealkylation sites (tertiary alicyclic amines) is 1. The van der Waals surface area contributed by atoms with Crippen molar-refractivity contribution in [2.24, 2.45) is 0 Å². The second kappa shape index (κ2) is 8.45. The molecule has 0 radical (unpaired) electrons. The first-order valence-corrected chi connectivity index (χ1v) is 8.95. The van der Waals surface area contributed by atoms with E-state index in [4.69, 9.17) is 4.74 Å². The van der Waals surface area contributed by atoms with Crippen LogP contribution in [-0.2, 0) is 17.9 Å². The molecule has 1 atom stereocenters. The van der Waals surface area contributed by atoms with E-state index in [1.54, 1.807) is 18.5 Å². The van der Waals surface area contributed by atoms with Gasteiger partial charge in [0.1, 0.15) is 11.6 Å². The maximum absolute atomic E-state index is 14.1. The van der Waals surface area contributed by atoms with Crippen LogP contribution in [0.4, 0.5) is 4.39 Å². The monoisotopic (exact) mass is 373 g/mol. The van der Waals surface area contributed by atoms with E-state index >= 15 is 0 Å². The molecule has 0 spiro atoms. The van der Waals surface area contributed by atoms with Gasteiger partial charge < -0.3 is 20.1 Å². The second-order valence-corrected chi connectivity index (χ2v) is 6.78. The Kier molecular flexibility index (Phi) is 6.03. The molecule has 0 aliphatic carbocycles. The lowest BCUT2D eigenvalue weighted by molar-refractivity contribution is -0.157. The van der Waals surface area contributed by atoms with E-state index in [9.17, 15) is 14.3 Å². The summed E-state index contributed by atoms with van der Waals surface area (Å²) in [5, 5.41) is 14.0. The van der Waals surface area contributed by atoms with E-state index in [0.717, 1.165) is 5.56 Å². The van der Waals surface area contributed by atoms with Crippen molar-refractivity contribution in [3.63, 3.8) is 0 Å². The van der Waals surface area contributed by atoms with Gasteiger partial charge in [0.2, 0.25) is 0 Å². The van der Waals surface area contributed by atoms with Gasteiger partial charge in [0.05, 0.1) is 7.11 Å². The zero-order valence-corrected chi connectivity index (χ0v) is 15.3. The number of methoxy groups -OCH3 is 1. The van der Waals surface area contributed by atoms with Crippen LogP contribution in [0.25, 0.3) is 0 Å². The van der Waals surface area contributed by atoms with Crippen LogP contribution < -0.4 is 10.1 Å². The van der Waals surface area contributed by atoms with Crippen molar-refractivity contribution in [1.29, 1.82) is 0 Å². The van der Waals surface area contributed by atoms with Crippen molar-refractivity contribution in [1.82, 2.24) is 15.2 Å². The van der Waals surface area contributed by atoms with Crippen molar-refractivity contribution in [3.05, 3.63) is 59.7 Å². The van der Waals surface area contributed by atoms with Gasteiger partial charge in [0, 0.05) is 44.1 Å². The summed E-state index contributed by atoms with van der Waals surface area (Å²) in [7, 11) is 1.51. The number of rotatable bonds is 7. The number of piperidine rings is 1. The van der Waals surface area contributed by atoms with E-state index in [1.807, 2.05) is 12.1 Å². The molecule has 1 fully saturated rings. The molecule has 2 N–H and O–H groups in total. The molecule has 1 aliphatic heterocycles. The summed E-state index contributed by atoms with van der Waals surface area (Å²) in [5.41, 5.74) is -0.0930. The highest BCUT2D eigenvalue weighted by atomic mass is 19.1. The van der Waals surface area contributed by atoms with Crippen LogP contribution in [0.5, 0.6) is 5.75 Å².